The number of carboxylic acid groups (broad SMARTS) is 1. The van der Waals surface area contributed by atoms with Gasteiger partial charge in [0.1, 0.15) is 11.3 Å². The van der Waals surface area contributed by atoms with Crippen LogP contribution in [0.2, 0.25) is 0 Å². The number of alkyl halides is 3. The van der Waals surface area contributed by atoms with Crippen LogP contribution >= 0.6 is 0 Å². The van der Waals surface area contributed by atoms with Crippen molar-refractivity contribution in [3.8, 4) is 5.69 Å². The Morgan fingerprint density at radius 2 is 1.94 bits per heavy atom. The summed E-state index contributed by atoms with van der Waals surface area (Å²) in [5.74, 6) is -1.46. The largest absolute Gasteiger partial charge is 0.481 e. The van der Waals surface area contributed by atoms with Gasteiger partial charge in [-0.2, -0.15) is 13.2 Å². The molecule has 1 aromatic carbocycles. The lowest BCUT2D eigenvalue weighted by Gasteiger charge is -2.36. The number of aliphatic carboxylic acids is 1. The van der Waals surface area contributed by atoms with E-state index in [0.29, 0.717) is 42.8 Å². The molecule has 0 radical (unpaired) electrons. The highest BCUT2D eigenvalue weighted by atomic mass is 19.4. The summed E-state index contributed by atoms with van der Waals surface area (Å²) in [6, 6.07) is 6.15. The standard InChI is InChI=1S/C24H26F3N5O3/c1-14-9-17(30-22-28-8-5-19(31-22)24(25,26)27)11-18(10-14)32-12-20(29-13-32)23(35)6-3-16(4-7-23)15(2)21(33)34/h5,8-13,15-16,35H,3-4,6-7H2,1-2H3,(H,33,34)(H,28,30,31). The van der Waals surface area contributed by atoms with E-state index < -0.39 is 29.4 Å². The first kappa shape index (κ1) is 24.6. The maximum atomic E-state index is 13.0. The van der Waals surface area contributed by atoms with Gasteiger partial charge in [0.15, 0.2) is 0 Å². The van der Waals surface area contributed by atoms with Gasteiger partial charge in [-0.05, 0) is 68.4 Å². The van der Waals surface area contributed by atoms with Crippen molar-refractivity contribution >= 4 is 17.6 Å². The van der Waals surface area contributed by atoms with E-state index in [1.807, 2.05) is 13.0 Å². The molecule has 1 unspecified atom stereocenters. The Kier molecular flexibility index (Phi) is 6.54. The van der Waals surface area contributed by atoms with Crippen LogP contribution in [0, 0.1) is 18.8 Å². The Bertz CT molecular complexity index is 1220. The van der Waals surface area contributed by atoms with E-state index in [2.05, 4.69) is 20.3 Å². The van der Waals surface area contributed by atoms with Crippen LogP contribution in [-0.2, 0) is 16.6 Å². The Balaban J connectivity index is 1.53. The number of carbonyl (C=O) groups is 1. The molecule has 1 aliphatic carbocycles. The topological polar surface area (TPSA) is 113 Å². The number of imidazole rings is 1. The molecule has 0 aliphatic heterocycles. The second-order valence-electron chi connectivity index (χ2n) is 9.11. The van der Waals surface area contributed by atoms with Crippen molar-refractivity contribution in [2.24, 2.45) is 11.8 Å². The lowest BCUT2D eigenvalue weighted by atomic mass is 9.73. The van der Waals surface area contributed by atoms with Crippen LogP contribution < -0.4 is 5.32 Å². The van der Waals surface area contributed by atoms with E-state index in [4.69, 9.17) is 0 Å². The van der Waals surface area contributed by atoms with E-state index in [-0.39, 0.29) is 11.9 Å². The van der Waals surface area contributed by atoms with Crippen LogP contribution in [0.4, 0.5) is 24.8 Å². The van der Waals surface area contributed by atoms with Crippen molar-refractivity contribution in [3.63, 3.8) is 0 Å². The first-order valence-corrected chi connectivity index (χ1v) is 11.2. The van der Waals surface area contributed by atoms with E-state index in [1.165, 1.54) is 0 Å². The molecule has 11 heteroatoms. The number of aryl methyl sites for hydroxylation is 1. The highest BCUT2D eigenvalue weighted by Gasteiger charge is 2.39. The molecular formula is C24H26F3N5O3. The summed E-state index contributed by atoms with van der Waals surface area (Å²) >= 11 is 0. The van der Waals surface area contributed by atoms with Crippen LogP contribution in [0.25, 0.3) is 5.69 Å². The van der Waals surface area contributed by atoms with E-state index in [1.54, 1.807) is 36.1 Å². The molecule has 3 N–H and O–H groups in total. The average Bonchev–Trinajstić information content (AvgIpc) is 3.30. The van der Waals surface area contributed by atoms with Crippen LogP contribution in [-0.4, -0.2) is 35.7 Å². The SMILES string of the molecule is Cc1cc(Nc2nccc(C(F)(F)F)n2)cc(-n2cnc(C3(O)CCC(C(C)C(=O)O)CC3)c2)c1. The monoisotopic (exact) mass is 489 g/mol. The van der Waals surface area contributed by atoms with Crippen molar-refractivity contribution in [2.45, 2.75) is 51.3 Å². The average molecular weight is 489 g/mol. The van der Waals surface area contributed by atoms with Crippen molar-refractivity contribution in [3.05, 3.63) is 59.9 Å². The Labute approximate surface area is 199 Å². The number of halogens is 3. The Hall–Kier alpha value is -3.47. The number of carboxylic acids is 1. The van der Waals surface area contributed by atoms with Gasteiger partial charge in [0.05, 0.1) is 17.9 Å². The molecule has 3 aromatic rings. The maximum Gasteiger partial charge on any atom is 0.433 e. The molecule has 2 heterocycles. The second-order valence-corrected chi connectivity index (χ2v) is 9.11. The zero-order valence-electron chi connectivity index (χ0n) is 19.3. The molecule has 0 spiro atoms. The fraction of sp³-hybridized carbons (Fsp3) is 0.417. The van der Waals surface area contributed by atoms with E-state index in [9.17, 15) is 28.2 Å². The van der Waals surface area contributed by atoms with Gasteiger partial charge in [0.25, 0.3) is 0 Å². The van der Waals surface area contributed by atoms with Crippen LogP contribution in [0.1, 0.15) is 49.6 Å². The summed E-state index contributed by atoms with van der Waals surface area (Å²) in [6.45, 7) is 3.54. The van der Waals surface area contributed by atoms with Crippen molar-refractivity contribution in [1.82, 2.24) is 19.5 Å². The zero-order valence-corrected chi connectivity index (χ0v) is 19.3. The zero-order chi connectivity index (χ0) is 25.4. The third kappa shape index (κ3) is 5.45. The molecule has 8 nitrogen and oxygen atoms in total. The van der Waals surface area contributed by atoms with Crippen LogP contribution in [0.5, 0.6) is 0 Å². The predicted octanol–water partition coefficient (Wildman–Crippen LogP) is 4.83. The van der Waals surface area contributed by atoms with Crippen molar-refractivity contribution in [2.75, 3.05) is 5.32 Å². The molecule has 1 fully saturated rings. The number of nitrogens with one attached hydrogen (secondary N) is 1. The number of aromatic nitrogens is 4. The maximum absolute atomic E-state index is 13.0. The first-order valence-electron chi connectivity index (χ1n) is 11.2. The molecule has 186 valence electrons. The summed E-state index contributed by atoms with van der Waals surface area (Å²) in [6.07, 6.45) is 1.77. The van der Waals surface area contributed by atoms with E-state index in [0.717, 1.165) is 17.8 Å². The highest BCUT2D eigenvalue weighted by Crippen LogP contribution is 2.41. The van der Waals surface area contributed by atoms with Gasteiger partial charge < -0.3 is 20.1 Å². The summed E-state index contributed by atoms with van der Waals surface area (Å²) in [5.41, 5.74) is 0.344. The Morgan fingerprint density at radius 3 is 2.60 bits per heavy atom. The number of hydrogen-bond donors (Lipinski definition) is 3. The van der Waals surface area contributed by atoms with Gasteiger partial charge in [-0.15, -0.1) is 0 Å². The quantitative estimate of drug-likeness (QED) is 0.454. The molecule has 2 aromatic heterocycles. The minimum Gasteiger partial charge on any atom is -0.481 e. The van der Waals surface area contributed by atoms with Gasteiger partial charge in [-0.25, -0.2) is 15.0 Å². The number of benzene rings is 1. The molecule has 0 saturated heterocycles. The molecule has 1 atom stereocenters. The third-order valence-electron chi connectivity index (χ3n) is 6.58. The molecular weight excluding hydrogens is 463 g/mol. The molecule has 1 aliphatic rings. The second kappa shape index (κ2) is 9.29. The summed E-state index contributed by atoms with van der Waals surface area (Å²) in [7, 11) is 0. The third-order valence-corrected chi connectivity index (χ3v) is 6.58. The molecule has 0 amide bonds. The fourth-order valence-corrected chi connectivity index (χ4v) is 4.47. The lowest BCUT2D eigenvalue weighted by molar-refractivity contribution is -0.144. The van der Waals surface area contributed by atoms with Crippen LogP contribution in [0.15, 0.2) is 43.0 Å². The van der Waals surface area contributed by atoms with Crippen LogP contribution in [0.3, 0.4) is 0 Å². The number of aliphatic hydroxyl groups is 1. The molecule has 0 bridgehead atoms. The summed E-state index contributed by atoms with van der Waals surface area (Å²) < 4.78 is 40.6. The van der Waals surface area contributed by atoms with Crippen molar-refractivity contribution in [1.29, 1.82) is 0 Å². The molecule has 35 heavy (non-hydrogen) atoms. The molecule has 1 saturated carbocycles. The van der Waals surface area contributed by atoms with Gasteiger partial charge in [-0.3, -0.25) is 4.79 Å². The minimum absolute atomic E-state index is 0.0123. The number of hydrogen-bond acceptors (Lipinski definition) is 6. The normalized spacial score (nSPS) is 21.5. The minimum atomic E-state index is -4.57. The highest BCUT2D eigenvalue weighted by molar-refractivity contribution is 5.69. The molecule has 4 rings (SSSR count). The first-order chi connectivity index (χ1) is 16.4. The summed E-state index contributed by atoms with van der Waals surface area (Å²) in [5, 5.41) is 23.3. The number of nitrogens with zero attached hydrogens (tertiary/aromatic N) is 4. The smallest absolute Gasteiger partial charge is 0.433 e. The predicted molar refractivity (Wildman–Crippen MR) is 121 cm³/mol. The fourth-order valence-electron chi connectivity index (χ4n) is 4.47. The van der Waals surface area contributed by atoms with Gasteiger partial charge >= 0.3 is 12.1 Å². The number of rotatable bonds is 6. The van der Waals surface area contributed by atoms with Gasteiger partial charge in [0.2, 0.25) is 5.95 Å². The van der Waals surface area contributed by atoms with Gasteiger partial charge in [-0.1, -0.05) is 6.92 Å². The van der Waals surface area contributed by atoms with Crippen molar-refractivity contribution < 1.29 is 28.2 Å². The van der Waals surface area contributed by atoms with Gasteiger partial charge in [0, 0.05) is 23.8 Å². The van der Waals surface area contributed by atoms with E-state index >= 15 is 0 Å². The Morgan fingerprint density at radius 1 is 1.23 bits per heavy atom. The lowest BCUT2D eigenvalue weighted by Crippen LogP contribution is -2.35. The number of anilines is 2. The summed E-state index contributed by atoms with van der Waals surface area (Å²) in [4.78, 5) is 23.1.